The largest absolute Gasteiger partial charge is 0.486 e. The Balaban J connectivity index is 3.03. The maximum atomic E-state index is 9.61. The van der Waals surface area contributed by atoms with E-state index in [1.807, 2.05) is 13.0 Å². The van der Waals surface area contributed by atoms with E-state index in [2.05, 4.69) is 46.8 Å². The fraction of sp³-hybridized carbons (Fsp3) is 0.647. The summed E-state index contributed by atoms with van der Waals surface area (Å²) in [6.07, 6.45) is -0.394. The highest BCUT2D eigenvalue weighted by atomic mass is 16.5. The minimum atomic E-state index is -0.394. The number of hydrogen-bond donors (Lipinski definition) is 2. The number of ether oxygens (including phenoxy) is 1. The Morgan fingerprint density at radius 3 is 2.30 bits per heavy atom. The molecule has 0 aliphatic carbocycles. The van der Waals surface area contributed by atoms with Gasteiger partial charge in [0.15, 0.2) is 0 Å². The summed E-state index contributed by atoms with van der Waals surface area (Å²) in [5.74, 6) is 1.20. The summed E-state index contributed by atoms with van der Waals surface area (Å²) in [5, 5.41) is 9.61. The molecule has 1 rings (SSSR count). The number of aryl methyl sites for hydroxylation is 1. The minimum Gasteiger partial charge on any atom is -0.486 e. The molecule has 3 N–H and O–H groups in total. The third kappa shape index (κ3) is 4.22. The molecule has 114 valence electrons. The average molecular weight is 279 g/mol. The van der Waals surface area contributed by atoms with Crippen LogP contribution in [0.25, 0.3) is 0 Å². The lowest BCUT2D eigenvalue weighted by atomic mass is 9.84. The second kappa shape index (κ2) is 6.59. The molecular formula is C17H29NO2. The van der Waals surface area contributed by atoms with Crippen LogP contribution >= 0.6 is 0 Å². The van der Waals surface area contributed by atoms with Crippen molar-refractivity contribution in [2.24, 2.45) is 11.1 Å². The summed E-state index contributed by atoms with van der Waals surface area (Å²) in [4.78, 5) is 0. The van der Waals surface area contributed by atoms with Crippen LogP contribution in [0.15, 0.2) is 18.2 Å². The molecule has 0 amide bonds. The molecule has 0 aromatic heterocycles. The summed E-state index contributed by atoms with van der Waals surface area (Å²) < 4.78 is 6.05. The standard InChI is InChI=1S/C17H29NO2/c1-11(2)13-8-7-12(3)9-14(13)20-15(10-19)16(18)17(4,5)6/h7-9,11,15-16,19H,10,18H2,1-6H3. The molecule has 3 nitrogen and oxygen atoms in total. The van der Waals surface area contributed by atoms with Gasteiger partial charge in [-0.05, 0) is 35.4 Å². The highest BCUT2D eigenvalue weighted by molar-refractivity contribution is 5.39. The third-order valence-electron chi connectivity index (χ3n) is 3.65. The topological polar surface area (TPSA) is 55.5 Å². The van der Waals surface area contributed by atoms with Crippen molar-refractivity contribution >= 4 is 0 Å². The molecule has 2 unspecified atom stereocenters. The highest BCUT2D eigenvalue weighted by Gasteiger charge is 2.30. The van der Waals surface area contributed by atoms with Crippen molar-refractivity contribution in [2.45, 2.75) is 59.6 Å². The molecule has 2 atom stereocenters. The monoisotopic (exact) mass is 279 g/mol. The number of rotatable bonds is 5. The fourth-order valence-electron chi connectivity index (χ4n) is 2.17. The van der Waals surface area contributed by atoms with Gasteiger partial charge in [0.05, 0.1) is 6.61 Å². The zero-order chi connectivity index (χ0) is 15.5. The molecule has 0 aliphatic rings. The second-order valence-electron chi connectivity index (χ2n) is 6.93. The van der Waals surface area contributed by atoms with Crippen molar-refractivity contribution in [3.8, 4) is 5.75 Å². The molecule has 0 aliphatic heterocycles. The van der Waals surface area contributed by atoms with E-state index in [-0.39, 0.29) is 18.1 Å². The van der Waals surface area contributed by atoms with Crippen LogP contribution in [0.3, 0.4) is 0 Å². The molecule has 3 heteroatoms. The average Bonchev–Trinajstić information content (AvgIpc) is 2.33. The lowest BCUT2D eigenvalue weighted by Crippen LogP contribution is -2.49. The van der Waals surface area contributed by atoms with E-state index in [4.69, 9.17) is 10.5 Å². The third-order valence-corrected chi connectivity index (χ3v) is 3.65. The van der Waals surface area contributed by atoms with Crippen LogP contribution in [0.4, 0.5) is 0 Å². The Morgan fingerprint density at radius 2 is 1.85 bits per heavy atom. The lowest BCUT2D eigenvalue weighted by Gasteiger charge is -2.34. The SMILES string of the molecule is Cc1ccc(C(C)C)c(OC(CO)C(N)C(C)(C)C)c1. The highest BCUT2D eigenvalue weighted by Crippen LogP contribution is 2.30. The Hall–Kier alpha value is -1.06. The molecule has 20 heavy (non-hydrogen) atoms. The van der Waals surface area contributed by atoms with Crippen LogP contribution in [0, 0.1) is 12.3 Å². The molecule has 1 aromatic rings. The van der Waals surface area contributed by atoms with Crippen LogP contribution in [0.2, 0.25) is 0 Å². The van der Waals surface area contributed by atoms with Crippen molar-refractivity contribution in [3.05, 3.63) is 29.3 Å². The molecule has 0 radical (unpaired) electrons. The smallest absolute Gasteiger partial charge is 0.137 e. The van der Waals surface area contributed by atoms with Crippen LogP contribution in [0.1, 0.15) is 51.7 Å². The zero-order valence-corrected chi connectivity index (χ0v) is 13.6. The van der Waals surface area contributed by atoms with E-state index in [1.54, 1.807) is 0 Å². The van der Waals surface area contributed by atoms with Gasteiger partial charge in [-0.3, -0.25) is 0 Å². The summed E-state index contributed by atoms with van der Waals surface area (Å²) in [6, 6.07) is 5.97. The quantitative estimate of drug-likeness (QED) is 0.870. The minimum absolute atomic E-state index is 0.0795. The van der Waals surface area contributed by atoms with Gasteiger partial charge >= 0.3 is 0 Å². The van der Waals surface area contributed by atoms with E-state index in [1.165, 1.54) is 0 Å². The Bertz CT molecular complexity index is 435. The Kier molecular flexibility index (Phi) is 5.60. The van der Waals surface area contributed by atoms with Crippen LogP contribution in [-0.4, -0.2) is 23.9 Å². The lowest BCUT2D eigenvalue weighted by molar-refractivity contribution is 0.0583. The van der Waals surface area contributed by atoms with Crippen LogP contribution in [-0.2, 0) is 0 Å². The van der Waals surface area contributed by atoms with E-state index in [0.29, 0.717) is 5.92 Å². The van der Waals surface area contributed by atoms with Crippen molar-refractivity contribution in [1.29, 1.82) is 0 Å². The molecular weight excluding hydrogens is 250 g/mol. The van der Waals surface area contributed by atoms with E-state index in [0.717, 1.165) is 16.9 Å². The summed E-state index contributed by atoms with van der Waals surface area (Å²) in [7, 11) is 0. The normalized spacial score (nSPS) is 15.2. The first-order chi connectivity index (χ1) is 9.16. The molecule has 0 saturated heterocycles. The van der Waals surface area contributed by atoms with Gasteiger partial charge in [0, 0.05) is 6.04 Å². The first-order valence-corrected chi connectivity index (χ1v) is 7.30. The van der Waals surface area contributed by atoms with Gasteiger partial charge < -0.3 is 15.6 Å². The number of nitrogens with two attached hydrogens (primary N) is 1. The van der Waals surface area contributed by atoms with E-state index >= 15 is 0 Å². The van der Waals surface area contributed by atoms with Gasteiger partial charge in [-0.1, -0.05) is 46.8 Å². The first kappa shape index (κ1) is 17.0. The number of benzene rings is 1. The van der Waals surface area contributed by atoms with E-state index < -0.39 is 6.10 Å². The van der Waals surface area contributed by atoms with Crippen LogP contribution < -0.4 is 10.5 Å². The van der Waals surface area contributed by atoms with Crippen LogP contribution in [0.5, 0.6) is 5.75 Å². The summed E-state index contributed by atoms with van der Waals surface area (Å²) in [5.41, 5.74) is 8.41. The zero-order valence-electron chi connectivity index (χ0n) is 13.6. The summed E-state index contributed by atoms with van der Waals surface area (Å²) in [6.45, 7) is 12.4. The first-order valence-electron chi connectivity index (χ1n) is 7.30. The maximum Gasteiger partial charge on any atom is 0.137 e. The number of aliphatic hydroxyl groups is 1. The van der Waals surface area contributed by atoms with Crippen molar-refractivity contribution < 1.29 is 9.84 Å². The number of aliphatic hydroxyl groups excluding tert-OH is 1. The molecule has 0 spiro atoms. The van der Waals surface area contributed by atoms with Gasteiger partial charge in [0.25, 0.3) is 0 Å². The predicted molar refractivity (Wildman–Crippen MR) is 84.2 cm³/mol. The molecule has 1 aromatic carbocycles. The van der Waals surface area contributed by atoms with Crippen molar-refractivity contribution in [1.82, 2.24) is 0 Å². The Labute approximate surface area is 123 Å². The van der Waals surface area contributed by atoms with Gasteiger partial charge in [-0.25, -0.2) is 0 Å². The molecule has 0 heterocycles. The maximum absolute atomic E-state index is 9.61. The molecule has 0 fully saturated rings. The molecule has 0 bridgehead atoms. The van der Waals surface area contributed by atoms with E-state index in [9.17, 15) is 5.11 Å². The van der Waals surface area contributed by atoms with Gasteiger partial charge in [-0.15, -0.1) is 0 Å². The van der Waals surface area contributed by atoms with Gasteiger partial charge in [-0.2, -0.15) is 0 Å². The fourth-order valence-corrected chi connectivity index (χ4v) is 2.17. The molecule has 0 saturated carbocycles. The van der Waals surface area contributed by atoms with Crippen molar-refractivity contribution in [3.63, 3.8) is 0 Å². The Morgan fingerprint density at radius 1 is 1.25 bits per heavy atom. The van der Waals surface area contributed by atoms with Crippen molar-refractivity contribution in [2.75, 3.05) is 6.61 Å². The number of hydrogen-bond acceptors (Lipinski definition) is 3. The van der Waals surface area contributed by atoms with Gasteiger partial charge in [0.1, 0.15) is 11.9 Å². The second-order valence-corrected chi connectivity index (χ2v) is 6.93. The summed E-state index contributed by atoms with van der Waals surface area (Å²) >= 11 is 0. The van der Waals surface area contributed by atoms with Gasteiger partial charge in [0.2, 0.25) is 0 Å². The predicted octanol–water partition coefficient (Wildman–Crippen LogP) is 3.23.